The molecular weight excluding hydrogens is 266 g/mol. The van der Waals surface area contributed by atoms with Gasteiger partial charge in [0, 0.05) is 36.4 Å². The van der Waals surface area contributed by atoms with Crippen LogP contribution in [0.1, 0.15) is 59.8 Å². The zero-order valence-electron chi connectivity index (χ0n) is 13.5. The zero-order chi connectivity index (χ0) is 15.7. The molecule has 1 fully saturated rings. The molecule has 0 saturated carbocycles. The van der Waals surface area contributed by atoms with Crippen LogP contribution in [0.4, 0.5) is 0 Å². The second-order valence-electron chi connectivity index (χ2n) is 5.87. The lowest BCUT2D eigenvalue weighted by molar-refractivity contribution is 0.0596. The molecule has 0 spiro atoms. The molecular formula is C16H25N3O2. The van der Waals surface area contributed by atoms with Crippen molar-refractivity contribution in [2.45, 2.75) is 53.1 Å². The van der Waals surface area contributed by atoms with Gasteiger partial charge in [0.25, 0.3) is 5.91 Å². The second kappa shape index (κ2) is 6.02. The molecule has 5 nitrogen and oxygen atoms in total. The fraction of sp³-hybridized carbons (Fsp3) is 0.625. The number of ketones is 1. The van der Waals surface area contributed by atoms with E-state index in [0.29, 0.717) is 24.2 Å². The molecule has 1 aliphatic heterocycles. The maximum absolute atomic E-state index is 12.9. The van der Waals surface area contributed by atoms with Crippen molar-refractivity contribution in [3.8, 4) is 0 Å². The Kier molecular flexibility index (Phi) is 4.52. The number of nitrogens with one attached hydrogen (secondary N) is 2. The van der Waals surface area contributed by atoms with Crippen LogP contribution in [0.5, 0.6) is 0 Å². The first-order valence-electron chi connectivity index (χ1n) is 7.65. The summed E-state index contributed by atoms with van der Waals surface area (Å²) in [6, 6.07) is 0.413. The summed E-state index contributed by atoms with van der Waals surface area (Å²) in [5.41, 5.74) is 2.90. The molecule has 1 saturated heterocycles. The average Bonchev–Trinajstić information content (AvgIpc) is 2.77. The van der Waals surface area contributed by atoms with Gasteiger partial charge in [0.05, 0.1) is 0 Å². The minimum Gasteiger partial charge on any atom is -0.354 e. The summed E-state index contributed by atoms with van der Waals surface area (Å²) >= 11 is 0. The predicted molar refractivity (Wildman–Crippen MR) is 82.9 cm³/mol. The van der Waals surface area contributed by atoms with Gasteiger partial charge in [-0.2, -0.15) is 0 Å². The number of hydrogen-bond donors (Lipinski definition) is 2. The number of aryl methyl sites for hydroxylation is 1. The van der Waals surface area contributed by atoms with Crippen LogP contribution in [0.3, 0.4) is 0 Å². The molecule has 0 bridgehead atoms. The Balaban J connectivity index is 2.39. The molecule has 2 atom stereocenters. The first-order chi connectivity index (χ1) is 9.88. The number of hydrogen-bond acceptors (Lipinski definition) is 3. The monoisotopic (exact) mass is 291 g/mol. The number of aromatic nitrogens is 1. The van der Waals surface area contributed by atoms with Crippen molar-refractivity contribution in [1.82, 2.24) is 15.2 Å². The van der Waals surface area contributed by atoms with Crippen LogP contribution in [0.2, 0.25) is 0 Å². The van der Waals surface area contributed by atoms with Gasteiger partial charge in [-0.25, -0.2) is 0 Å². The molecule has 0 aliphatic carbocycles. The van der Waals surface area contributed by atoms with Crippen molar-refractivity contribution in [3.63, 3.8) is 0 Å². The summed E-state index contributed by atoms with van der Waals surface area (Å²) in [5.74, 6) is 0.0182. The number of rotatable bonds is 3. The van der Waals surface area contributed by atoms with Gasteiger partial charge in [-0.1, -0.05) is 6.92 Å². The predicted octanol–water partition coefficient (Wildman–Crippen LogP) is 1.91. The Hall–Kier alpha value is -1.62. The molecule has 1 aromatic heterocycles. The molecule has 0 radical (unpaired) electrons. The number of carbonyl (C=O) groups is 2. The van der Waals surface area contributed by atoms with Crippen LogP contribution in [0, 0.1) is 6.92 Å². The fourth-order valence-electron chi connectivity index (χ4n) is 3.18. The maximum Gasteiger partial charge on any atom is 0.270 e. The van der Waals surface area contributed by atoms with E-state index in [4.69, 9.17) is 0 Å². The highest BCUT2D eigenvalue weighted by Gasteiger charge is 2.31. The van der Waals surface area contributed by atoms with Gasteiger partial charge in [0.15, 0.2) is 5.78 Å². The Labute approximate surface area is 126 Å². The van der Waals surface area contributed by atoms with E-state index in [0.717, 1.165) is 17.8 Å². The van der Waals surface area contributed by atoms with E-state index in [-0.39, 0.29) is 23.8 Å². The summed E-state index contributed by atoms with van der Waals surface area (Å²) < 4.78 is 0. The molecule has 1 aliphatic rings. The quantitative estimate of drug-likeness (QED) is 0.836. The van der Waals surface area contributed by atoms with E-state index in [2.05, 4.69) is 24.1 Å². The van der Waals surface area contributed by atoms with Gasteiger partial charge in [0.2, 0.25) is 0 Å². The van der Waals surface area contributed by atoms with Crippen molar-refractivity contribution in [2.75, 3.05) is 13.1 Å². The highest BCUT2D eigenvalue weighted by Crippen LogP contribution is 2.23. The normalized spacial score (nSPS) is 22.4. The molecule has 0 aromatic carbocycles. The minimum atomic E-state index is 0.00306. The largest absolute Gasteiger partial charge is 0.354 e. The first kappa shape index (κ1) is 15.8. The average molecular weight is 291 g/mol. The third-order valence-electron chi connectivity index (χ3n) is 4.51. The number of aromatic amines is 1. The van der Waals surface area contributed by atoms with Crippen LogP contribution < -0.4 is 5.32 Å². The molecule has 2 unspecified atom stereocenters. The number of amides is 1. The van der Waals surface area contributed by atoms with E-state index in [1.807, 2.05) is 18.7 Å². The number of carbonyl (C=O) groups excluding carboxylic acids is 2. The fourth-order valence-corrected chi connectivity index (χ4v) is 3.18. The highest BCUT2D eigenvalue weighted by molar-refractivity contribution is 6.02. The Morgan fingerprint density at radius 3 is 2.57 bits per heavy atom. The van der Waals surface area contributed by atoms with Gasteiger partial charge in [0.1, 0.15) is 5.69 Å². The van der Waals surface area contributed by atoms with E-state index >= 15 is 0 Å². The lowest BCUT2D eigenvalue weighted by Crippen LogP contribution is -2.57. The van der Waals surface area contributed by atoms with E-state index in [9.17, 15) is 9.59 Å². The summed E-state index contributed by atoms with van der Waals surface area (Å²) in [7, 11) is 0. The smallest absolute Gasteiger partial charge is 0.270 e. The third kappa shape index (κ3) is 2.75. The standard InChI is InChI=1S/C16H25N3O2/c1-6-13-14(12(5)20)10(3)18-15(13)16(21)19-8-7-17-9(2)11(19)4/h9,11,17-18H,6-8H2,1-5H3. The third-order valence-corrected chi connectivity index (χ3v) is 4.51. The number of nitrogens with zero attached hydrogens (tertiary/aromatic N) is 1. The van der Waals surface area contributed by atoms with Crippen molar-refractivity contribution >= 4 is 11.7 Å². The van der Waals surface area contributed by atoms with Crippen molar-refractivity contribution < 1.29 is 9.59 Å². The highest BCUT2D eigenvalue weighted by atomic mass is 16.2. The van der Waals surface area contributed by atoms with E-state index in [1.54, 1.807) is 6.92 Å². The van der Waals surface area contributed by atoms with Gasteiger partial charge in [-0.15, -0.1) is 0 Å². The van der Waals surface area contributed by atoms with Crippen LogP contribution in [-0.2, 0) is 6.42 Å². The Morgan fingerprint density at radius 1 is 1.33 bits per heavy atom. The number of Topliss-reactive ketones (excluding diaryl/α,β-unsaturated/α-hetero) is 1. The molecule has 2 rings (SSSR count). The lowest BCUT2D eigenvalue weighted by atomic mass is 10.0. The molecule has 21 heavy (non-hydrogen) atoms. The van der Waals surface area contributed by atoms with Crippen molar-refractivity contribution in [3.05, 3.63) is 22.5 Å². The number of piperazine rings is 1. The Morgan fingerprint density at radius 2 is 2.00 bits per heavy atom. The molecule has 2 heterocycles. The summed E-state index contributed by atoms with van der Waals surface area (Å²) in [5, 5.41) is 3.37. The SMILES string of the molecule is CCc1c(C(=O)N2CCNC(C)C2C)[nH]c(C)c1C(C)=O. The molecule has 2 N–H and O–H groups in total. The molecule has 116 valence electrons. The summed E-state index contributed by atoms with van der Waals surface area (Å²) in [6.45, 7) is 11.0. The van der Waals surface area contributed by atoms with Gasteiger partial charge >= 0.3 is 0 Å². The number of H-pyrrole nitrogens is 1. The van der Waals surface area contributed by atoms with Crippen LogP contribution >= 0.6 is 0 Å². The van der Waals surface area contributed by atoms with Gasteiger partial charge < -0.3 is 15.2 Å². The van der Waals surface area contributed by atoms with Gasteiger partial charge in [-0.05, 0) is 39.7 Å². The van der Waals surface area contributed by atoms with Crippen LogP contribution in [0.15, 0.2) is 0 Å². The van der Waals surface area contributed by atoms with E-state index < -0.39 is 0 Å². The van der Waals surface area contributed by atoms with Crippen LogP contribution in [0.25, 0.3) is 0 Å². The first-order valence-corrected chi connectivity index (χ1v) is 7.65. The van der Waals surface area contributed by atoms with E-state index in [1.165, 1.54) is 0 Å². The Bertz CT molecular complexity index is 562. The zero-order valence-corrected chi connectivity index (χ0v) is 13.5. The summed E-state index contributed by atoms with van der Waals surface area (Å²) in [4.78, 5) is 29.7. The maximum atomic E-state index is 12.9. The van der Waals surface area contributed by atoms with Gasteiger partial charge in [-0.3, -0.25) is 9.59 Å². The molecule has 5 heteroatoms. The second-order valence-corrected chi connectivity index (χ2v) is 5.87. The molecule has 1 aromatic rings. The lowest BCUT2D eigenvalue weighted by Gasteiger charge is -2.38. The summed E-state index contributed by atoms with van der Waals surface area (Å²) in [6.07, 6.45) is 0.677. The van der Waals surface area contributed by atoms with Crippen LogP contribution in [-0.4, -0.2) is 46.7 Å². The van der Waals surface area contributed by atoms with Crippen molar-refractivity contribution in [1.29, 1.82) is 0 Å². The molecule has 1 amide bonds. The minimum absolute atomic E-state index is 0.00306. The van der Waals surface area contributed by atoms with Crippen molar-refractivity contribution in [2.24, 2.45) is 0 Å². The topological polar surface area (TPSA) is 65.2 Å².